The summed E-state index contributed by atoms with van der Waals surface area (Å²) < 4.78 is 13.6. The van der Waals surface area contributed by atoms with Crippen molar-refractivity contribution in [3.05, 3.63) is 57.8 Å². The molecule has 0 saturated carbocycles. The van der Waals surface area contributed by atoms with E-state index in [0.29, 0.717) is 15.6 Å². The van der Waals surface area contributed by atoms with Crippen LogP contribution in [0.2, 0.25) is 10.0 Å². The number of rotatable bonds is 2. The predicted molar refractivity (Wildman–Crippen MR) is 71.4 cm³/mol. The molecule has 2 aromatic carbocycles. The standard InChI is InChI=1S/C13H8Cl3F/c14-7-10-2-1-9(6-13(10)17)8-3-4-11(15)12(16)5-8/h1-6H,7H2. The highest BCUT2D eigenvalue weighted by Gasteiger charge is 2.06. The molecule has 17 heavy (non-hydrogen) atoms. The Morgan fingerprint density at radius 3 is 2.12 bits per heavy atom. The fourth-order valence-electron chi connectivity index (χ4n) is 1.51. The van der Waals surface area contributed by atoms with Crippen LogP contribution in [0, 0.1) is 5.82 Å². The summed E-state index contributed by atoms with van der Waals surface area (Å²) >= 11 is 17.3. The SMILES string of the molecule is Fc1cc(-c2ccc(Cl)c(Cl)c2)ccc1CCl. The highest BCUT2D eigenvalue weighted by atomic mass is 35.5. The molecule has 0 fully saturated rings. The highest BCUT2D eigenvalue weighted by molar-refractivity contribution is 6.42. The van der Waals surface area contributed by atoms with Gasteiger partial charge in [0.25, 0.3) is 0 Å². The molecular weight excluding hydrogens is 281 g/mol. The lowest BCUT2D eigenvalue weighted by atomic mass is 10.0. The molecule has 4 heteroatoms. The molecule has 0 nitrogen and oxygen atoms in total. The van der Waals surface area contributed by atoms with Gasteiger partial charge in [-0.05, 0) is 29.3 Å². The van der Waals surface area contributed by atoms with E-state index in [2.05, 4.69) is 0 Å². The van der Waals surface area contributed by atoms with E-state index in [-0.39, 0.29) is 11.7 Å². The average Bonchev–Trinajstić information content (AvgIpc) is 2.32. The molecule has 0 spiro atoms. The molecule has 2 rings (SSSR count). The molecule has 2 aromatic rings. The molecule has 0 saturated heterocycles. The fourth-order valence-corrected chi connectivity index (χ4v) is 2.03. The lowest BCUT2D eigenvalue weighted by Gasteiger charge is -2.05. The van der Waals surface area contributed by atoms with Crippen molar-refractivity contribution in [2.45, 2.75) is 5.88 Å². The van der Waals surface area contributed by atoms with Crippen LogP contribution in [0.1, 0.15) is 5.56 Å². The Bertz CT molecular complexity index is 552. The van der Waals surface area contributed by atoms with Crippen LogP contribution in [0.3, 0.4) is 0 Å². The molecule has 0 N–H and O–H groups in total. The monoisotopic (exact) mass is 288 g/mol. The second-order valence-electron chi connectivity index (χ2n) is 3.57. The Labute approximate surface area is 114 Å². The van der Waals surface area contributed by atoms with Crippen molar-refractivity contribution in [3.63, 3.8) is 0 Å². The van der Waals surface area contributed by atoms with Gasteiger partial charge in [-0.25, -0.2) is 4.39 Å². The zero-order valence-electron chi connectivity index (χ0n) is 8.68. The molecule has 0 atom stereocenters. The maximum atomic E-state index is 13.6. The topological polar surface area (TPSA) is 0 Å². The van der Waals surface area contributed by atoms with E-state index in [4.69, 9.17) is 34.8 Å². The smallest absolute Gasteiger partial charge is 0.128 e. The minimum Gasteiger partial charge on any atom is -0.207 e. The second-order valence-corrected chi connectivity index (χ2v) is 4.65. The average molecular weight is 290 g/mol. The maximum Gasteiger partial charge on any atom is 0.128 e. The lowest BCUT2D eigenvalue weighted by molar-refractivity contribution is 0.617. The largest absolute Gasteiger partial charge is 0.207 e. The van der Waals surface area contributed by atoms with Gasteiger partial charge in [0.1, 0.15) is 5.82 Å². The van der Waals surface area contributed by atoms with E-state index in [1.54, 1.807) is 30.3 Å². The van der Waals surface area contributed by atoms with Crippen molar-refractivity contribution in [3.8, 4) is 11.1 Å². The molecular formula is C13H8Cl3F. The van der Waals surface area contributed by atoms with Crippen molar-refractivity contribution in [2.24, 2.45) is 0 Å². The van der Waals surface area contributed by atoms with Gasteiger partial charge in [-0.2, -0.15) is 0 Å². The summed E-state index contributed by atoms with van der Waals surface area (Å²) in [5, 5.41) is 0.930. The van der Waals surface area contributed by atoms with Gasteiger partial charge < -0.3 is 0 Å². The summed E-state index contributed by atoms with van der Waals surface area (Å²) in [5.74, 6) is -0.156. The molecule has 0 aliphatic carbocycles. The van der Waals surface area contributed by atoms with Gasteiger partial charge in [-0.1, -0.05) is 41.4 Å². The van der Waals surface area contributed by atoms with Crippen LogP contribution >= 0.6 is 34.8 Å². The van der Waals surface area contributed by atoms with Gasteiger partial charge >= 0.3 is 0 Å². The number of hydrogen-bond donors (Lipinski definition) is 0. The summed E-state index contributed by atoms with van der Waals surface area (Å²) in [5.41, 5.74) is 2.05. The summed E-state index contributed by atoms with van der Waals surface area (Å²) in [6.07, 6.45) is 0. The van der Waals surface area contributed by atoms with E-state index in [0.717, 1.165) is 11.1 Å². The lowest BCUT2D eigenvalue weighted by Crippen LogP contribution is -1.87. The predicted octanol–water partition coefficient (Wildman–Crippen LogP) is 5.54. The van der Waals surface area contributed by atoms with Gasteiger partial charge in [-0.15, -0.1) is 11.6 Å². The van der Waals surface area contributed by atoms with Crippen molar-refractivity contribution < 1.29 is 4.39 Å². The zero-order chi connectivity index (χ0) is 12.4. The Morgan fingerprint density at radius 2 is 1.53 bits per heavy atom. The fraction of sp³-hybridized carbons (Fsp3) is 0.0769. The summed E-state index contributed by atoms with van der Waals surface area (Å²) in [4.78, 5) is 0. The van der Waals surface area contributed by atoms with Crippen LogP contribution in [0.5, 0.6) is 0 Å². The van der Waals surface area contributed by atoms with Crippen molar-refractivity contribution >= 4 is 34.8 Å². The Balaban J connectivity index is 2.46. The molecule has 88 valence electrons. The summed E-state index contributed by atoms with van der Waals surface area (Å²) in [7, 11) is 0. The Morgan fingerprint density at radius 1 is 0.882 bits per heavy atom. The van der Waals surface area contributed by atoms with Crippen LogP contribution in [-0.2, 0) is 5.88 Å². The number of benzene rings is 2. The number of alkyl halides is 1. The molecule has 0 bridgehead atoms. The maximum absolute atomic E-state index is 13.6. The van der Waals surface area contributed by atoms with E-state index < -0.39 is 0 Å². The van der Waals surface area contributed by atoms with Gasteiger partial charge in [-0.3, -0.25) is 0 Å². The first-order valence-corrected chi connectivity index (χ1v) is 6.20. The van der Waals surface area contributed by atoms with E-state index in [1.807, 2.05) is 0 Å². The van der Waals surface area contributed by atoms with Crippen molar-refractivity contribution in [1.29, 1.82) is 0 Å². The molecule has 0 radical (unpaired) electrons. The molecule has 0 aliphatic heterocycles. The van der Waals surface area contributed by atoms with Gasteiger partial charge in [0.05, 0.1) is 15.9 Å². The van der Waals surface area contributed by atoms with Crippen LogP contribution in [0.15, 0.2) is 36.4 Å². The molecule has 0 aliphatic rings. The van der Waals surface area contributed by atoms with Crippen LogP contribution in [0.25, 0.3) is 11.1 Å². The van der Waals surface area contributed by atoms with Crippen molar-refractivity contribution in [2.75, 3.05) is 0 Å². The van der Waals surface area contributed by atoms with Crippen LogP contribution < -0.4 is 0 Å². The number of halogens is 4. The zero-order valence-corrected chi connectivity index (χ0v) is 11.0. The van der Waals surface area contributed by atoms with Crippen LogP contribution in [-0.4, -0.2) is 0 Å². The summed E-state index contributed by atoms with van der Waals surface area (Å²) in [6, 6.07) is 10.1. The molecule has 0 aromatic heterocycles. The Kier molecular flexibility index (Phi) is 3.93. The third-order valence-corrected chi connectivity index (χ3v) is 3.48. The van der Waals surface area contributed by atoms with E-state index in [1.165, 1.54) is 6.07 Å². The number of hydrogen-bond acceptors (Lipinski definition) is 0. The van der Waals surface area contributed by atoms with Gasteiger partial charge in [0, 0.05) is 5.56 Å². The first-order chi connectivity index (χ1) is 8.11. The van der Waals surface area contributed by atoms with Crippen molar-refractivity contribution in [1.82, 2.24) is 0 Å². The third-order valence-electron chi connectivity index (χ3n) is 2.45. The minimum atomic E-state index is -0.316. The molecule has 0 unspecified atom stereocenters. The second kappa shape index (κ2) is 5.26. The van der Waals surface area contributed by atoms with Crippen LogP contribution in [0.4, 0.5) is 4.39 Å². The molecule has 0 heterocycles. The third kappa shape index (κ3) is 2.74. The van der Waals surface area contributed by atoms with E-state index >= 15 is 0 Å². The first-order valence-electron chi connectivity index (χ1n) is 4.91. The highest BCUT2D eigenvalue weighted by Crippen LogP contribution is 2.29. The van der Waals surface area contributed by atoms with Gasteiger partial charge in [0.15, 0.2) is 0 Å². The minimum absolute atomic E-state index is 0.160. The van der Waals surface area contributed by atoms with E-state index in [9.17, 15) is 4.39 Å². The van der Waals surface area contributed by atoms with Gasteiger partial charge in [0.2, 0.25) is 0 Å². The quantitative estimate of drug-likeness (QED) is 0.637. The normalized spacial score (nSPS) is 10.6. The summed E-state index contributed by atoms with van der Waals surface area (Å²) in [6.45, 7) is 0. The Hall–Kier alpha value is -0.760. The molecule has 0 amide bonds. The first kappa shape index (κ1) is 12.7.